The highest BCUT2D eigenvalue weighted by Gasteiger charge is 2.51. The first-order valence-electron chi connectivity index (χ1n) is 6.81. The van der Waals surface area contributed by atoms with Crippen molar-refractivity contribution in [1.29, 1.82) is 0 Å². The van der Waals surface area contributed by atoms with Crippen LogP contribution in [0.25, 0.3) is 0 Å². The Morgan fingerprint density at radius 2 is 1.79 bits per heavy atom. The van der Waals surface area contributed by atoms with Gasteiger partial charge in [0, 0.05) is 24.3 Å². The molecule has 2 aliphatic rings. The van der Waals surface area contributed by atoms with Gasteiger partial charge in [-0.2, -0.15) is 0 Å². The Hall–Kier alpha value is -0.905. The van der Waals surface area contributed by atoms with Crippen LogP contribution in [0.3, 0.4) is 0 Å². The van der Waals surface area contributed by atoms with Crippen molar-refractivity contribution < 1.29 is 14.0 Å². The van der Waals surface area contributed by atoms with Crippen LogP contribution in [-0.4, -0.2) is 29.9 Å². The molecule has 2 aliphatic heterocycles. The van der Waals surface area contributed by atoms with E-state index >= 15 is 0 Å². The van der Waals surface area contributed by atoms with Crippen LogP contribution in [0.2, 0.25) is 0 Å². The third kappa shape index (κ3) is 2.20. The van der Waals surface area contributed by atoms with E-state index in [9.17, 15) is 0 Å². The minimum Gasteiger partial charge on any atom is -0.399 e. The van der Waals surface area contributed by atoms with E-state index < -0.39 is 0 Å². The Morgan fingerprint density at radius 1 is 1.16 bits per heavy atom. The molecule has 4 nitrogen and oxygen atoms in total. The van der Waals surface area contributed by atoms with Crippen LogP contribution in [0.1, 0.15) is 45.8 Å². The Balaban J connectivity index is 1.83. The topological polar surface area (TPSA) is 40.6 Å². The van der Waals surface area contributed by atoms with Gasteiger partial charge in [-0.05, 0) is 33.3 Å². The Kier molecular flexibility index (Phi) is 2.96. The molecular formula is C14H20BNO3. The van der Waals surface area contributed by atoms with Crippen LogP contribution in [0.15, 0.2) is 18.5 Å². The highest BCUT2D eigenvalue weighted by molar-refractivity contribution is 6.62. The molecule has 0 N–H and O–H groups in total. The van der Waals surface area contributed by atoms with Crippen LogP contribution >= 0.6 is 0 Å². The van der Waals surface area contributed by atoms with Gasteiger partial charge in [0.2, 0.25) is 0 Å². The summed E-state index contributed by atoms with van der Waals surface area (Å²) in [6.07, 6.45) is 4.92. The average Bonchev–Trinajstić information content (AvgIpc) is 2.46. The van der Waals surface area contributed by atoms with E-state index in [4.69, 9.17) is 14.0 Å². The molecule has 0 bridgehead atoms. The zero-order valence-electron chi connectivity index (χ0n) is 12.0. The quantitative estimate of drug-likeness (QED) is 0.762. The van der Waals surface area contributed by atoms with Gasteiger partial charge in [-0.3, -0.25) is 4.98 Å². The van der Waals surface area contributed by atoms with Gasteiger partial charge in [-0.15, -0.1) is 0 Å². The van der Waals surface area contributed by atoms with Crippen molar-refractivity contribution in [3.8, 4) is 0 Å². The second-order valence-corrected chi connectivity index (χ2v) is 6.29. The highest BCUT2D eigenvalue weighted by atomic mass is 16.7. The molecule has 0 amide bonds. The Labute approximate surface area is 114 Å². The normalized spacial score (nSPS) is 28.2. The lowest BCUT2D eigenvalue weighted by Gasteiger charge is -2.32. The van der Waals surface area contributed by atoms with Crippen molar-refractivity contribution in [2.24, 2.45) is 0 Å². The van der Waals surface area contributed by atoms with E-state index in [0.29, 0.717) is 0 Å². The van der Waals surface area contributed by atoms with Gasteiger partial charge in [0.15, 0.2) is 0 Å². The van der Waals surface area contributed by atoms with Crippen molar-refractivity contribution in [2.75, 3.05) is 6.61 Å². The van der Waals surface area contributed by atoms with Crippen molar-refractivity contribution in [2.45, 2.75) is 51.4 Å². The Morgan fingerprint density at radius 3 is 2.32 bits per heavy atom. The predicted octanol–water partition coefficient (Wildman–Crippen LogP) is 1.84. The number of hydrogen-bond acceptors (Lipinski definition) is 4. The zero-order valence-corrected chi connectivity index (χ0v) is 12.0. The molecule has 1 aromatic heterocycles. The summed E-state index contributed by atoms with van der Waals surface area (Å²) in [6, 6.07) is 2.08. The fraction of sp³-hybridized carbons (Fsp3) is 0.643. The number of rotatable bonds is 2. The maximum Gasteiger partial charge on any atom is 0.496 e. The first-order valence-corrected chi connectivity index (χ1v) is 6.81. The second-order valence-electron chi connectivity index (χ2n) is 6.29. The molecule has 0 radical (unpaired) electrons. The molecule has 0 aromatic carbocycles. The van der Waals surface area contributed by atoms with Gasteiger partial charge in [-0.1, -0.05) is 6.07 Å². The predicted molar refractivity (Wildman–Crippen MR) is 73.3 cm³/mol. The third-order valence-corrected chi connectivity index (χ3v) is 4.38. The molecule has 102 valence electrons. The summed E-state index contributed by atoms with van der Waals surface area (Å²) in [5, 5.41) is 0. The van der Waals surface area contributed by atoms with Crippen LogP contribution in [0, 0.1) is 0 Å². The molecule has 0 spiro atoms. The standard InChI is InChI=1S/C14H20BNO3/c1-13(2)14(3,4)19-15(18-13)11-7-10(8-16-9-11)12-5-6-17-12/h7-9,12H,5-6H2,1-4H3. The summed E-state index contributed by atoms with van der Waals surface area (Å²) in [6.45, 7) is 9.06. The smallest absolute Gasteiger partial charge is 0.399 e. The first-order chi connectivity index (χ1) is 8.89. The molecule has 2 saturated heterocycles. The van der Waals surface area contributed by atoms with Crippen LogP contribution in [-0.2, 0) is 14.0 Å². The van der Waals surface area contributed by atoms with Crippen molar-refractivity contribution >= 4 is 12.6 Å². The lowest BCUT2D eigenvalue weighted by atomic mass is 9.79. The average molecular weight is 261 g/mol. The maximum absolute atomic E-state index is 6.03. The lowest BCUT2D eigenvalue weighted by molar-refractivity contribution is -0.0528. The summed E-state index contributed by atoms with van der Waals surface area (Å²) in [4.78, 5) is 4.29. The summed E-state index contributed by atoms with van der Waals surface area (Å²) in [7, 11) is -0.350. The summed E-state index contributed by atoms with van der Waals surface area (Å²) in [5.41, 5.74) is 1.44. The van der Waals surface area contributed by atoms with Gasteiger partial charge in [0.1, 0.15) is 0 Å². The molecule has 1 atom stereocenters. The molecule has 19 heavy (non-hydrogen) atoms. The number of hydrogen-bond donors (Lipinski definition) is 0. The van der Waals surface area contributed by atoms with E-state index in [1.807, 2.05) is 12.4 Å². The van der Waals surface area contributed by atoms with Crippen LogP contribution in [0.5, 0.6) is 0 Å². The Bertz CT molecular complexity index is 469. The van der Waals surface area contributed by atoms with Gasteiger partial charge in [-0.25, -0.2) is 0 Å². The van der Waals surface area contributed by atoms with Crippen molar-refractivity contribution in [3.63, 3.8) is 0 Å². The molecule has 0 saturated carbocycles. The van der Waals surface area contributed by atoms with Gasteiger partial charge < -0.3 is 14.0 Å². The number of aromatic nitrogens is 1. The van der Waals surface area contributed by atoms with E-state index in [1.165, 1.54) is 0 Å². The molecular weight excluding hydrogens is 241 g/mol. The van der Waals surface area contributed by atoms with Crippen molar-refractivity contribution in [3.05, 3.63) is 24.0 Å². The van der Waals surface area contributed by atoms with Crippen molar-refractivity contribution in [1.82, 2.24) is 4.98 Å². The van der Waals surface area contributed by atoms with Gasteiger partial charge in [0.25, 0.3) is 0 Å². The highest BCUT2D eigenvalue weighted by Crippen LogP contribution is 2.36. The van der Waals surface area contributed by atoms with E-state index in [-0.39, 0.29) is 24.4 Å². The molecule has 1 aromatic rings. The summed E-state index contributed by atoms with van der Waals surface area (Å²) >= 11 is 0. The fourth-order valence-electron chi connectivity index (χ4n) is 2.26. The van der Waals surface area contributed by atoms with Crippen LogP contribution < -0.4 is 5.46 Å². The first kappa shape index (κ1) is 13.1. The third-order valence-electron chi connectivity index (χ3n) is 4.38. The van der Waals surface area contributed by atoms with E-state index in [1.54, 1.807) is 0 Å². The molecule has 2 fully saturated rings. The minimum atomic E-state index is -0.350. The second kappa shape index (κ2) is 4.30. The monoisotopic (exact) mass is 261 g/mol. The number of nitrogens with zero attached hydrogens (tertiary/aromatic N) is 1. The van der Waals surface area contributed by atoms with Crippen LogP contribution in [0.4, 0.5) is 0 Å². The van der Waals surface area contributed by atoms with E-state index in [0.717, 1.165) is 24.1 Å². The minimum absolute atomic E-state index is 0.190. The summed E-state index contributed by atoms with van der Waals surface area (Å²) in [5.74, 6) is 0. The van der Waals surface area contributed by atoms with Gasteiger partial charge >= 0.3 is 7.12 Å². The maximum atomic E-state index is 6.03. The fourth-order valence-corrected chi connectivity index (χ4v) is 2.26. The SMILES string of the molecule is CC1(C)OB(c2cncc(C3CCO3)c2)OC1(C)C. The molecule has 1 unspecified atom stereocenters. The van der Waals surface area contributed by atoms with Gasteiger partial charge in [0.05, 0.1) is 23.9 Å². The van der Waals surface area contributed by atoms with E-state index in [2.05, 4.69) is 38.7 Å². The molecule has 3 rings (SSSR count). The molecule has 5 heteroatoms. The molecule has 0 aliphatic carbocycles. The molecule has 3 heterocycles. The summed E-state index contributed by atoms with van der Waals surface area (Å²) < 4.78 is 17.6. The lowest BCUT2D eigenvalue weighted by Crippen LogP contribution is -2.41. The zero-order chi connectivity index (χ0) is 13.7. The number of pyridine rings is 1. The number of ether oxygens (including phenoxy) is 1. The largest absolute Gasteiger partial charge is 0.496 e.